The van der Waals surface area contributed by atoms with Gasteiger partial charge in [-0.1, -0.05) is 0 Å². The predicted molar refractivity (Wildman–Crippen MR) is 65.8 cm³/mol. The van der Waals surface area contributed by atoms with Crippen molar-refractivity contribution in [2.45, 2.75) is 24.4 Å². The molecule has 0 saturated heterocycles. The molecular weight excluding hydrogens is 286 g/mol. The number of nitrogens with zero attached hydrogens (tertiary/aromatic N) is 1. The molecule has 1 heterocycles. The van der Waals surface area contributed by atoms with Crippen molar-refractivity contribution < 1.29 is 39.9 Å². The average Bonchev–Trinajstić information content (AvgIpc) is 2.52. The van der Waals surface area contributed by atoms with Gasteiger partial charge >= 0.3 is 11.9 Å². The van der Waals surface area contributed by atoms with Crippen LogP contribution in [0.25, 0.3) is 0 Å². The summed E-state index contributed by atoms with van der Waals surface area (Å²) in [5.74, 6) is -2.61. The molecule has 0 bridgehead atoms. The molecule has 0 fully saturated rings. The topological polar surface area (TPSA) is 157 Å². The van der Waals surface area contributed by atoms with E-state index in [-0.39, 0.29) is 5.56 Å². The van der Waals surface area contributed by atoms with E-state index in [2.05, 4.69) is 9.72 Å². The Bertz CT molecular complexity index is 479. The molecule has 1 rings (SSSR count). The van der Waals surface area contributed by atoms with Crippen molar-refractivity contribution in [1.82, 2.24) is 4.98 Å². The Balaban J connectivity index is 2.64. The Morgan fingerprint density at radius 3 is 2.38 bits per heavy atom. The third kappa shape index (κ3) is 4.55. The van der Waals surface area contributed by atoms with Crippen molar-refractivity contribution in [1.29, 1.82) is 0 Å². The van der Waals surface area contributed by atoms with Gasteiger partial charge in [-0.3, -0.25) is 4.98 Å². The van der Waals surface area contributed by atoms with E-state index in [0.717, 1.165) is 6.20 Å². The van der Waals surface area contributed by atoms with Crippen LogP contribution in [0.5, 0.6) is 0 Å². The van der Waals surface area contributed by atoms with Crippen LogP contribution in [-0.2, 0) is 9.53 Å². The number of hydrogen-bond donors (Lipinski definition) is 5. The van der Waals surface area contributed by atoms with Crippen LogP contribution in [-0.4, -0.2) is 73.5 Å². The monoisotopic (exact) mass is 301 g/mol. The highest BCUT2D eigenvalue weighted by molar-refractivity contribution is 5.97. The van der Waals surface area contributed by atoms with Crippen molar-refractivity contribution in [3.8, 4) is 0 Å². The van der Waals surface area contributed by atoms with Crippen LogP contribution in [0.1, 0.15) is 10.4 Å². The summed E-state index contributed by atoms with van der Waals surface area (Å²) in [6.07, 6.45) is -5.65. The third-order valence-corrected chi connectivity index (χ3v) is 2.59. The van der Waals surface area contributed by atoms with Gasteiger partial charge in [-0.2, -0.15) is 0 Å². The number of pyridine rings is 1. The van der Waals surface area contributed by atoms with Crippen LogP contribution in [0.2, 0.25) is 0 Å². The first-order valence-corrected chi connectivity index (χ1v) is 5.87. The van der Waals surface area contributed by atoms with Gasteiger partial charge in [-0.15, -0.1) is 0 Å². The molecule has 9 heteroatoms. The molecule has 9 nitrogen and oxygen atoms in total. The summed E-state index contributed by atoms with van der Waals surface area (Å²) >= 11 is 0. The molecule has 0 aliphatic carbocycles. The molecule has 4 atom stereocenters. The van der Waals surface area contributed by atoms with E-state index in [1.165, 1.54) is 18.3 Å². The van der Waals surface area contributed by atoms with E-state index in [1.54, 1.807) is 0 Å². The quantitative estimate of drug-likeness (QED) is 0.276. The average molecular weight is 301 g/mol. The summed E-state index contributed by atoms with van der Waals surface area (Å²) in [7, 11) is 0. The molecule has 0 aliphatic rings. The molecule has 0 aliphatic heterocycles. The molecule has 116 valence electrons. The van der Waals surface area contributed by atoms with Gasteiger partial charge in [0.15, 0.2) is 6.10 Å². The van der Waals surface area contributed by atoms with Crippen LogP contribution in [0, 0.1) is 0 Å². The molecule has 5 N–H and O–H groups in total. The Kier molecular flexibility index (Phi) is 6.34. The summed E-state index contributed by atoms with van der Waals surface area (Å²) < 4.78 is 4.30. The minimum absolute atomic E-state index is 0.0523. The number of carbonyl (C=O) groups excluding carboxylic acids is 2. The molecule has 0 saturated carbocycles. The number of aliphatic hydroxyl groups is 5. The van der Waals surface area contributed by atoms with Gasteiger partial charge in [-0.25, -0.2) is 9.59 Å². The van der Waals surface area contributed by atoms with Crippen molar-refractivity contribution in [2.75, 3.05) is 6.61 Å². The van der Waals surface area contributed by atoms with Gasteiger partial charge in [0.05, 0.1) is 12.2 Å². The molecule has 1 aromatic rings. The number of ether oxygens (including phenoxy) is 1. The van der Waals surface area contributed by atoms with Crippen LogP contribution in [0.15, 0.2) is 24.5 Å². The Hall–Kier alpha value is -1.91. The number of aromatic nitrogens is 1. The zero-order valence-corrected chi connectivity index (χ0v) is 10.7. The fourth-order valence-corrected chi connectivity index (χ4v) is 1.36. The second kappa shape index (κ2) is 7.76. The summed E-state index contributed by atoms with van der Waals surface area (Å²) in [5, 5.41) is 45.9. The summed E-state index contributed by atoms with van der Waals surface area (Å²) in [5.41, 5.74) is -0.0523. The molecule has 21 heavy (non-hydrogen) atoms. The zero-order valence-electron chi connectivity index (χ0n) is 10.7. The van der Waals surface area contributed by atoms with E-state index in [4.69, 9.17) is 10.2 Å². The fraction of sp³-hybridized carbons (Fsp3) is 0.417. The Morgan fingerprint density at radius 1 is 1.19 bits per heavy atom. The lowest BCUT2D eigenvalue weighted by molar-refractivity contribution is -0.164. The van der Waals surface area contributed by atoms with Crippen molar-refractivity contribution in [3.63, 3.8) is 0 Å². The minimum atomic E-state index is -2.28. The lowest BCUT2D eigenvalue weighted by Gasteiger charge is -2.24. The van der Waals surface area contributed by atoms with E-state index < -0.39 is 43.0 Å². The van der Waals surface area contributed by atoms with Crippen molar-refractivity contribution in [3.05, 3.63) is 30.1 Å². The molecule has 0 unspecified atom stereocenters. The highest BCUT2D eigenvalue weighted by Gasteiger charge is 2.36. The standard InChI is InChI=1S/C12H15NO8/c14-5-7(15)8(16)9(17)10(18)12(20)21-11(19)6-2-1-3-13-4-6/h1-4,7-10,14-18H,5H2/t7-,8-,9+,10-/m1/s1. The molecule has 0 spiro atoms. The number of rotatable bonds is 6. The number of aliphatic hydroxyl groups excluding tert-OH is 5. The first kappa shape index (κ1) is 17.1. The van der Waals surface area contributed by atoms with Crippen LogP contribution in [0.3, 0.4) is 0 Å². The van der Waals surface area contributed by atoms with Gasteiger partial charge in [0.2, 0.25) is 0 Å². The van der Waals surface area contributed by atoms with Gasteiger partial charge < -0.3 is 30.3 Å². The van der Waals surface area contributed by atoms with E-state index in [1.807, 2.05) is 0 Å². The molecule has 0 radical (unpaired) electrons. The molecule has 0 aromatic carbocycles. The third-order valence-electron chi connectivity index (χ3n) is 2.59. The summed E-state index contributed by atoms with van der Waals surface area (Å²) in [6, 6.07) is 2.74. The summed E-state index contributed by atoms with van der Waals surface area (Å²) in [4.78, 5) is 26.6. The SMILES string of the molecule is O=C(OC(=O)[C@H](O)[C@@H](O)[C@H](O)[C@H](O)CO)c1cccnc1. The maximum absolute atomic E-state index is 11.5. The molecule has 1 aromatic heterocycles. The number of esters is 2. The highest BCUT2D eigenvalue weighted by atomic mass is 16.6. The second-order valence-electron chi connectivity index (χ2n) is 4.13. The molecular formula is C12H15NO8. The first-order valence-electron chi connectivity index (χ1n) is 5.87. The van der Waals surface area contributed by atoms with Crippen LogP contribution in [0.4, 0.5) is 0 Å². The smallest absolute Gasteiger partial charge is 0.347 e. The predicted octanol–water partition coefficient (Wildman–Crippen LogP) is -2.80. The fourth-order valence-electron chi connectivity index (χ4n) is 1.36. The normalized spacial score (nSPS) is 16.6. The van der Waals surface area contributed by atoms with Gasteiger partial charge in [-0.05, 0) is 12.1 Å². The first-order chi connectivity index (χ1) is 9.88. The lowest BCUT2D eigenvalue weighted by atomic mass is 10.0. The summed E-state index contributed by atoms with van der Waals surface area (Å²) in [6.45, 7) is -0.894. The molecule has 0 amide bonds. The largest absolute Gasteiger partial charge is 0.394 e. The van der Waals surface area contributed by atoms with Crippen molar-refractivity contribution in [2.24, 2.45) is 0 Å². The van der Waals surface area contributed by atoms with Crippen LogP contribution < -0.4 is 0 Å². The van der Waals surface area contributed by atoms with E-state index in [0.29, 0.717) is 0 Å². The Morgan fingerprint density at radius 2 is 1.86 bits per heavy atom. The number of hydrogen-bond acceptors (Lipinski definition) is 9. The lowest BCUT2D eigenvalue weighted by Crippen LogP contribution is -2.49. The minimum Gasteiger partial charge on any atom is -0.394 e. The van der Waals surface area contributed by atoms with Crippen LogP contribution >= 0.6 is 0 Å². The maximum Gasteiger partial charge on any atom is 0.347 e. The Labute approximate surface area is 119 Å². The van der Waals surface area contributed by atoms with E-state index in [9.17, 15) is 24.9 Å². The number of carbonyl (C=O) groups is 2. The van der Waals surface area contributed by atoms with Gasteiger partial charge in [0.1, 0.15) is 18.3 Å². The van der Waals surface area contributed by atoms with Gasteiger partial charge in [0.25, 0.3) is 0 Å². The van der Waals surface area contributed by atoms with E-state index >= 15 is 0 Å². The van der Waals surface area contributed by atoms with Crippen molar-refractivity contribution >= 4 is 11.9 Å². The maximum atomic E-state index is 11.5. The zero-order chi connectivity index (χ0) is 16.0. The van der Waals surface area contributed by atoms with Gasteiger partial charge in [0, 0.05) is 12.4 Å². The highest BCUT2D eigenvalue weighted by Crippen LogP contribution is 2.08. The second-order valence-corrected chi connectivity index (χ2v) is 4.13.